The second-order valence-corrected chi connectivity index (χ2v) is 8.14. The van der Waals surface area contributed by atoms with Gasteiger partial charge in [-0.05, 0) is 78.2 Å². The Balaban J connectivity index is 1.70. The molecule has 0 aliphatic heterocycles. The van der Waals surface area contributed by atoms with Gasteiger partial charge in [-0.3, -0.25) is 10.1 Å². The molecule has 2 N–H and O–H groups in total. The lowest BCUT2D eigenvalue weighted by molar-refractivity contribution is 0.0977. The van der Waals surface area contributed by atoms with Crippen LogP contribution < -0.4 is 15.4 Å². The SMILES string of the molecule is CCOc1ccc(C(=O)NC(=S)Nc2nc3c(C)ccc(C)c3s2)cc1Br. The smallest absolute Gasteiger partial charge is 0.257 e. The van der Waals surface area contributed by atoms with E-state index in [1.165, 1.54) is 11.3 Å². The third kappa shape index (κ3) is 4.45. The zero-order valence-corrected chi connectivity index (χ0v) is 18.3. The second-order valence-electron chi connectivity index (χ2n) is 5.88. The predicted molar refractivity (Wildman–Crippen MR) is 118 cm³/mol. The summed E-state index contributed by atoms with van der Waals surface area (Å²) in [5, 5.41) is 6.55. The minimum Gasteiger partial charge on any atom is -0.493 e. The van der Waals surface area contributed by atoms with Crippen molar-refractivity contribution in [3.63, 3.8) is 0 Å². The van der Waals surface area contributed by atoms with Gasteiger partial charge in [-0.25, -0.2) is 4.98 Å². The Hall–Kier alpha value is -2.03. The van der Waals surface area contributed by atoms with Crippen molar-refractivity contribution in [2.75, 3.05) is 11.9 Å². The van der Waals surface area contributed by atoms with Crippen LogP contribution in [0.1, 0.15) is 28.4 Å². The summed E-state index contributed by atoms with van der Waals surface area (Å²) in [6, 6.07) is 9.26. The van der Waals surface area contributed by atoms with Crippen LogP contribution in [0.15, 0.2) is 34.8 Å². The number of fused-ring (bicyclic) bond motifs is 1. The van der Waals surface area contributed by atoms with Crippen molar-refractivity contribution < 1.29 is 9.53 Å². The number of benzene rings is 2. The van der Waals surface area contributed by atoms with Gasteiger partial charge < -0.3 is 10.1 Å². The summed E-state index contributed by atoms with van der Waals surface area (Å²) in [5.74, 6) is 0.389. The summed E-state index contributed by atoms with van der Waals surface area (Å²) >= 11 is 10.2. The first kappa shape index (κ1) is 19.7. The fourth-order valence-electron chi connectivity index (χ4n) is 2.53. The third-order valence-corrected chi connectivity index (χ3v) is 5.81. The Bertz CT molecular complexity index is 994. The van der Waals surface area contributed by atoms with Crippen molar-refractivity contribution in [1.29, 1.82) is 0 Å². The van der Waals surface area contributed by atoms with E-state index in [1.807, 2.05) is 26.8 Å². The van der Waals surface area contributed by atoms with Crippen LogP contribution in [0, 0.1) is 13.8 Å². The highest BCUT2D eigenvalue weighted by Crippen LogP contribution is 2.31. The van der Waals surface area contributed by atoms with Crippen molar-refractivity contribution in [1.82, 2.24) is 10.3 Å². The van der Waals surface area contributed by atoms with Crippen molar-refractivity contribution in [3.05, 3.63) is 51.5 Å². The molecule has 5 nitrogen and oxygen atoms in total. The molecule has 0 saturated carbocycles. The van der Waals surface area contributed by atoms with E-state index in [1.54, 1.807) is 18.2 Å². The average molecular weight is 464 g/mol. The van der Waals surface area contributed by atoms with Gasteiger partial charge in [0.25, 0.3) is 5.91 Å². The van der Waals surface area contributed by atoms with Gasteiger partial charge in [-0.2, -0.15) is 0 Å². The molecular formula is C19H18BrN3O2S2. The largest absolute Gasteiger partial charge is 0.493 e. The van der Waals surface area contributed by atoms with Crippen LogP contribution in [0.2, 0.25) is 0 Å². The molecule has 0 bridgehead atoms. The fourth-order valence-corrected chi connectivity index (χ4v) is 4.29. The van der Waals surface area contributed by atoms with E-state index in [0.717, 1.165) is 21.3 Å². The van der Waals surface area contributed by atoms with Gasteiger partial charge >= 0.3 is 0 Å². The van der Waals surface area contributed by atoms with Crippen LogP contribution in [-0.2, 0) is 0 Å². The average Bonchev–Trinajstić information content (AvgIpc) is 3.05. The van der Waals surface area contributed by atoms with E-state index in [9.17, 15) is 4.79 Å². The van der Waals surface area contributed by atoms with E-state index >= 15 is 0 Å². The molecule has 0 fully saturated rings. The predicted octanol–water partition coefficient (Wildman–Crippen LogP) is 5.20. The summed E-state index contributed by atoms with van der Waals surface area (Å²) in [6.45, 7) is 6.53. The number of aromatic nitrogens is 1. The van der Waals surface area contributed by atoms with Gasteiger partial charge in [0.1, 0.15) is 5.75 Å². The van der Waals surface area contributed by atoms with Crippen LogP contribution in [0.5, 0.6) is 5.75 Å². The van der Waals surface area contributed by atoms with Gasteiger partial charge in [0.05, 0.1) is 21.3 Å². The number of nitrogens with one attached hydrogen (secondary N) is 2. The topological polar surface area (TPSA) is 63.2 Å². The van der Waals surface area contributed by atoms with Crippen LogP contribution in [-0.4, -0.2) is 22.6 Å². The number of hydrogen-bond donors (Lipinski definition) is 2. The molecule has 0 atom stereocenters. The third-order valence-electron chi connectivity index (χ3n) is 3.88. The molecule has 27 heavy (non-hydrogen) atoms. The number of ether oxygens (including phenoxy) is 1. The first-order valence-electron chi connectivity index (χ1n) is 8.30. The van der Waals surface area contributed by atoms with Gasteiger partial charge in [0.2, 0.25) is 0 Å². The van der Waals surface area contributed by atoms with Crippen molar-refractivity contribution >= 4 is 65.9 Å². The van der Waals surface area contributed by atoms with E-state index in [0.29, 0.717) is 27.5 Å². The zero-order chi connectivity index (χ0) is 19.6. The molecule has 140 valence electrons. The molecule has 0 radical (unpaired) electrons. The highest BCUT2D eigenvalue weighted by atomic mass is 79.9. The monoisotopic (exact) mass is 463 g/mol. The lowest BCUT2D eigenvalue weighted by Gasteiger charge is -2.09. The number of thiocarbonyl (C=S) groups is 1. The molecule has 3 aromatic rings. The summed E-state index contributed by atoms with van der Waals surface area (Å²) in [5.41, 5.74) is 3.70. The molecule has 2 aromatic carbocycles. The Labute approximate surface area is 175 Å². The minimum atomic E-state index is -0.301. The number of hydrogen-bond acceptors (Lipinski definition) is 5. The summed E-state index contributed by atoms with van der Waals surface area (Å²) in [7, 11) is 0. The highest BCUT2D eigenvalue weighted by molar-refractivity contribution is 9.10. The molecule has 0 unspecified atom stereocenters. The molecule has 0 aliphatic carbocycles. The highest BCUT2D eigenvalue weighted by Gasteiger charge is 2.13. The molecule has 8 heteroatoms. The first-order chi connectivity index (χ1) is 12.9. The fraction of sp³-hybridized carbons (Fsp3) is 0.211. The Morgan fingerprint density at radius 2 is 2.00 bits per heavy atom. The molecule has 0 saturated heterocycles. The number of thiazole rings is 1. The number of amides is 1. The van der Waals surface area contributed by atoms with Gasteiger partial charge in [-0.15, -0.1) is 0 Å². The Morgan fingerprint density at radius 1 is 1.26 bits per heavy atom. The molecule has 1 heterocycles. The first-order valence-corrected chi connectivity index (χ1v) is 10.3. The second kappa shape index (κ2) is 8.33. The molecule has 1 aromatic heterocycles. The Kier molecular flexibility index (Phi) is 6.08. The van der Waals surface area contributed by atoms with Gasteiger partial charge in [0, 0.05) is 5.56 Å². The minimum absolute atomic E-state index is 0.208. The van der Waals surface area contributed by atoms with Crippen LogP contribution in [0.25, 0.3) is 10.2 Å². The van der Waals surface area contributed by atoms with E-state index in [4.69, 9.17) is 17.0 Å². The number of halogens is 1. The maximum absolute atomic E-state index is 12.4. The molecule has 0 aliphatic rings. The molecule has 1 amide bonds. The number of nitrogens with zero attached hydrogens (tertiary/aromatic N) is 1. The zero-order valence-electron chi connectivity index (χ0n) is 15.1. The summed E-state index contributed by atoms with van der Waals surface area (Å²) in [4.78, 5) is 17.0. The Morgan fingerprint density at radius 3 is 2.67 bits per heavy atom. The van der Waals surface area contributed by atoms with Crippen molar-refractivity contribution in [2.24, 2.45) is 0 Å². The van der Waals surface area contributed by atoms with E-state index in [2.05, 4.69) is 37.6 Å². The number of rotatable bonds is 4. The maximum Gasteiger partial charge on any atom is 0.257 e. The van der Waals surface area contributed by atoms with Gasteiger partial charge in [-0.1, -0.05) is 23.5 Å². The lowest BCUT2D eigenvalue weighted by Crippen LogP contribution is -2.34. The molecule has 0 spiro atoms. The van der Waals surface area contributed by atoms with Crippen molar-refractivity contribution in [2.45, 2.75) is 20.8 Å². The van der Waals surface area contributed by atoms with Crippen molar-refractivity contribution in [3.8, 4) is 5.75 Å². The number of carbonyl (C=O) groups excluding carboxylic acids is 1. The number of carbonyl (C=O) groups is 1. The van der Waals surface area contributed by atoms with Crippen LogP contribution >= 0.6 is 39.5 Å². The quantitative estimate of drug-likeness (QED) is 0.520. The van der Waals surface area contributed by atoms with E-state index in [-0.39, 0.29) is 11.0 Å². The maximum atomic E-state index is 12.4. The van der Waals surface area contributed by atoms with Crippen LogP contribution in [0.4, 0.5) is 5.13 Å². The van der Waals surface area contributed by atoms with Gasteiger partial charge in [0.15, 0.2) is 10.2 Å². The molecular weight excluding hydrogens is 446 g/mol. The number of anilines is 1. The number of aryl methyl sites for hydroxylation is 2. The standard InChI is InChI=1S/C19H18BrN3O2S2/c1-4-25-14-8-7-12(9-13(14)20)17(24)22-18(26)23-19-21-15-10(2)5-6-11(3)16(15)27-19/h5-9H,4H2,1-3H3,(H2,21,22,23,24,26). The van der Waals surface area contributed by atoms with Crippen LogP contribution in [0.3, 0.4) is 0 Å². The normalized spacial score (nSPS) is 10.7. The summed E-state index contributed by atoms with van der Waals surface area (Å²) in [6.07, 6.45) is 0. The van der Waals surface area contributed by atoms with E-state index < -0.39 is 0 Å². The lowest BCUT2D eigenvalue weighted by atomic mass is 10.1. The molecule has 3 rings (SSSR count). The summed E-state index contributed by atoms with van der Waals surface area (Å²) < 4.78 is 7.28.